The van der Waals surface area contributed by atoms with Crippen molar-refractivity contribution in [2.24, 2.45) is 0 Å². The number of nitrogens with zero attached hydrogens (tertiary/aromatic N) is 1. The van der Waals surface area contributed by atoms with Gasteiger partial charge in [0.15, 0.2) is 6.61 Å². The maximum absolute atomic E-state index is 11.9. The van der Waals surface area contributed by atoms with E-state index in [2.05, 4.69) is 10.3 Å². The molecule has 104 valence electrons. The number of rotatable bonds is 4. The van der Waals surface area contributed by atoms with Gasteiger partial charge in [0.05, 0.1) is 17.4 Å². The van der Waals surface area contributed by atoms with Crippen molar-refractivity contribution in [3.63, 3.8) is 0 Å². The molecule has 1 heterocycles. The van der Waals surface area contributed by atoms with Crippen LogP contribution in [0, 0.1) is 0 Å². The number of anilines is 1. The first kappa shape index (κ1) is 13.1. The molecular formula is C17H14N2O2. The largest absolute Gasteiger partial charge is 0.484 e. The molecule has 4 nitrogen and oxygen atoms in total. The van der Waals surface area contributed by atoms with Gasteiger partial charge in [0, 0.05) is 5.39 Å². The zero-order chi connectivity index (χ0) is 14.5. The van der Waals surface area contributed by atoms with Crippen molar-refractivity contribution < 1.29 is 9.53 Å². The maximum Gasteiger partial charge on any atom is 0.262 e. The number of fused-ring (bicyclic) bond motifs is 1. The van der Waals surface area contributed by atoms with E-state index in [1.807, 2.05) is 60.7 Å². The molecule has 1 N–H and O–H groups in total. The highest BCUT2D eigenvalue weighted by Crippen LogP contribution is 2.16. The van der Waals surface area contributed by atoms with Gasteiger partial charge in [-0.15, -0.1) is 0 Å². The Morgan fingerprint density at radius 1 is 1.05 bits per heavy atom. The second-order valence-electron chi connectivity index (χ2n) is 4.57. The van der Waals surface area contributed by atoms with Crippen molar-refractivity contribution in [2.45, 2.75) is 0 Å². The quantitative estimate of drug-likeness (QED) is 0.797. The molecule has 0 saturated carbocycles. The van der Waals surface area contributed by atoms with Gasteiger partial charge in [-0.05, 0) is 24.3 Å². The van der Waals surface area contributed by atoms with E-state index >= 15 is 0 Å². The first-order valence-electron chi connectivity index (χ1n) is 6.64. The second kappa shape index (κ2) is 6.05. The van der Waals surface area contributed by atoms with Crippen molar-refractivity contribution in [3.8, 4) is 5.75 Å². The summed E-state index contributed by atoms with van der Waals surface area (Å²) in [6, 6.07) is 18.9. The zero-order valence-corrected chi connectivity index (χ0v) is 11.3. The van der Waals surface area contributed by atoms with E-state index in [1.54, 1.807) is 6.20 Å². The number of pyridine rings is 1. The molecule has 3 rings (SSSR count). The van der Waals surface area contributed by atoms with Gasteiger partial charge in [-0.25, -0.2) is 0 Å². The summed E-state index contributed by atoms with van der Waals surface area (Å²) in [5, 5.41) is 3.76. The van der Waals surface area contributed by atoms with Gasteiger partial charge in [0.2, 0.25) is 0 Å². The average molecular weight is 278 g/mol. The van der Waals surface area contributed by atoms with Crippen LogP contribution in [0.4, 0.5) is 5.69 Å². The fourth-order valence-corrected chi connectivity index (χ4v) is 2.00. The summed E-state index contributed by atoms with van der Waals surface area (Å²) in [6.45, 7) is -0.0309. The van der Waals surface area contributed by atoms with E-state index in [0.717, 1.165) is 10.9 Å². The Morgan fingerprint density at radius 3 is 2.67 bits per heavy atom. The molecule has 0 atom stereocenters. The van der Waals surface area contributed by atoms with Crippen molar-refractivity contribution in [3.05, 3.63) is 66.9 Å². The molecule has 0 saturated heterocycles. The van der Waals surface area contributed by atoms with Crippen LogP contribution >= 0.6 is 0 Å². The third-order valence-electron chi connectivity index (χ3n) is 2.99. The minimum atomic E-state index is -0.212. The SMILES string of the molecule is O=C(COc1ccccc1)Nc1cnc2ccccc2c1. The molecule has 0 radical (unpaired) electrons. The fourth-order valence-electron chi connectivity index (χ4n) is 2.00. The summed E-state index contributed by atoms with van der Waals surface area (Å²) in [6.07, 6.45) is 1.64. The topological polar surface area (TPSA) is 51.2 Å². The number of amides is 1. The van der Waals surface area contributed by atoms with Gasteiger partial charge in [0.1, 0.15) is 5.75 Å². The lowest BCUT2D eigenvalue weighted by molar-refractivity contribution is -0.118. The molecular weight excluding hydrogens is 264 g/mol. The number of para-hydroxylation sites is 2. The monoisotopic (exact) mass is 278 g/mol. The zero-order valence-electron chi connectivity index (χ0n) is 11.3. The smallest absolute Gasteiger partial charge is 0.262 e. The lowest BCUT2D eigenvalue weighted by Gasteiger charge is -2.07. The normalized spacial score (nSPS) is 10.3. The van der Waals surface area contributed by atoms with Crippen molar-refractivity contribution in [2.75, 3.05) is 11.9 Å². The fraction of sp³-hybridized carbons (Fsp3) is 0.0588. The van der Waals surface area contributed by atoms with E-state index < -0.39 is 0 Å². The Balaban J connectivity index is 1.63. The second-order valence-corrected chi connectivity index (χ2v) is 4.57. The Kier molecular flexibility index (Phi) is 3.78. The molecule has 0 unspecified atom stereocenters. The van der Waals surface area contributed by atoms with Crippen molar-refractivity contribution in [1.82, 2.24) is 4.98 Å². The van der Waals surface area contributed by atoms with Crippen LogP contribution in [0.3, 0.4) is 0 Å². The van der Waals surface area contributed by atoms with Gasteiger partial charge in [-0.2, -0.15) is 0 Å². The molecule has 1 amide bonds. The average Bonchev–Trinajstić information content (AvgIpc) is 2.54. The van der Waals surface area contributed by atoms with Gasteiger partial charge >= 0.3 is 0 Å². The van der Waals surface area contributed by atoms with E-state index in [4.69, 9.17) is 4.74 Å². The van der Waals surface area contributed by atoms with Crippen LogP contribution < -0.4 is 10.1 Å². The first-order chi connectivity index (χ1) is 10.3. The van der Waals surface area contributed by atoms with Gasteiger partial charge < -0.3 is 10.1 Å². The predicted molar refractivity (Wildman–Crippen MR) is 82.3 cm³/mol. The summed E-state index contributed by atoms with van der Waals surface area (Å²) < 4.78 is 5.40. The molecule has 4 heteroatoms. The molecule has 0 bridgehead atoms. The summed E-state index contributed by atoms with van der Waals surface area (Å²) in [5.41, 5.74) is 1.56. The summed E-state index contributed by atoms with van der Waals surface area (Å²) in [5.74, 6) is 0.459. The first-order valence-corrected chi connectivity index (χ1v) is 6.64. The Labute approximate surface area is 122 Å². The molecule has 1 aromatic heterocycles. The van der Waals surface area contributed by atoms with Crippen LogP contribution in [0.2, 0.25) is 0 Å². The standard InChI is InChI=1S/C17H14N2O2/c20-17(12-21-15-7-2-1-3-8-15)19-14-10-13-6-4-5-9-16(13)18-11-14/h1-11H,12H2,(H,19,20). The van der Waals surface area contributed by atoms with E-state index in [0.29, 0.717) is 11.4 Å². The number of carbonyl (C=O) groups excluding carboxylic acids is 1. The number of hydrogen-bond donors (Lipinski definition) is 1. The van der Waals surface area contributed by atoms with Crippen LogP contribution in [0.1, 0.15) is 0 Å². The molecule has 21 heavy (non-hydrogen) atoms. The van der Waals surface area contributed by atoms with Crippen LogP contribution in [0.25, 0.3) is 10.9 Å². The van der Waals surface area contributed by atoms with E-state index in [1.165, 1.54) is 0 Å². The Morgan fingerprint density at radius 2 is 1.81 bits per heavy atom. The summed E-state index contributed by atoms with van der Waals surface area (Å²) >= 11 is 0. The third kappa shape index (κ3) is 3.36. The Bertz CT molecular complexity index is 757. The van der Waals surface area contributed by atoms with Crippen LogP contribution in [-0.4, -0.2) is 17.5 Å². The molecule has 0 spiro atoms. The number of ether oxygens (including phenoxy) is 1. The maximum atomic E-state index is 11.9. The minimum Gasteiger partial charge on any atom is -0.484 e. The number of aromatic nitrogens is 1. The van der Waals surface area contributed by atoms with Gasteiger partial charge in [0.25, 0.3) is 5.91 Å². The lowest BCUT2D eigenvalue weighted by atomic mass is 10.2. The number of nitrogens with one attached hydrogen (secondary N) is 1. The van der Waals surface area contributed by atoms with Crippen LogP contribution in [-0.2, 0) is 4.79 Å². The van der Waals surface area contributed by atoms with Gasteiger partial charge in [-0.3, -0.25) is 9.78 Å². The number of carbonyl (C=O) groups is 1. The van der Waals surface area contributed by atoms with Gasteiger partial charge in [-0.1, -0.05) is 36.4 Å². The molecule has 0 aliphatic heterocycles. The predicted octanol–water partition coefficient (Wildman–Crippen LogP) is 3.25. The minimum absolute atomic E-state index is 0.0309. The highest BCUT2D eigenvalue weighted by molar-refractivity contribution is 5.93. The molecule has 0 aliphatic rings. The third-order valence-corrected chi connectivity index (χ3v) is 2.99. The Hall–Kier alpha value is -2.88. The number of benzene rings is 2. The van der Waals surface area contributed by atoms with E-state index in [-0.39, 0.29) is 12.5 Å². The van der Waals surface area contributed by atoms with Crippen LogP contribution in [0.15, 0.2) is 66.9 Å². The van der Waals surface area contributed by atoms with Crippen molar-refractivity contribution >= 4 is 22.5 Å². The summed E-state index contributed by atoms with van der Waals surface area (Å²) in [4.78, 5) is 16.2. The number of hydrogen-bond acceptors (Lipinski definition) is 3. The van der Waals surface area contributed by atoms with Crippen molar-refractivity contribution in [1.29, 1.82) is 0 Å². The molecule has 0 aliphatic carbocycles. The van der Waals surface area contributed by atoms with Crippen LogP contribution in [0.5, 0.6) is 5.75 Å². The molecule has 2 aromatic carbocycles. The molecule has 0 fully saturated rings. The lowest BCUT2D eigenvalue weighted by Crippen LogP contribution is -2.20. The molecule has 3 aromatic rings. The highest BCUT2D eigenvalue weighted by atomic mass is 16.5. The highest BCUT2D eigenvalue weighted by Gasteiger charge is 2.04. The summed E-state index contributed by atoms with van der Waals surface area (Å²) in [7, 11) is 0. The van der Waals surface area contributed by atoms with E-state index in [9.17, 15) is 4.79 Å².